The third kappa shape index (κ3) is 3.30. The van der Waals surface area contributed by atoms with Crippen LogP contribution in [0.3, 0.4) is 0 Å². The third-order valence-corrected chi connectivity index (χ3v) is 7.52. The van der Waals surface area contributed by atoms with E-state index >= 15 is 0 Å². The summed E-state index contributed by atoms with van der Waals surface area (Å²) < 4.78 is 0. The fourth-order valence-electron chi connectivity index (χ4n) is 4.40. The van der Waals surface area contributed by atoms with Gasteiger partial charge in [-0.15, -0.1) is 11.8 Å². The first-order valence-electron chi connectivity index (χ1n) is 9.18. The minimum atomic E-state index is -0.680. The molecule has 3 aliphatic heterocycles. The van der Waals surface area contributed by atoms with E-state index in [-0.39, 0.29) is 34.7 Å². The zero-order chi connectivity index (χ0) is 19.2. The number of ketones is 3. The summed E-state index contributed by atoms with van der Waals surface area (Å²) in [5.74, 6) is 1.22. The zero-order valence-electron chi connectivity index (χ0n) is 16.3. The molecular formula is C19H29N3O3S. The summed E-state index contributed by atoms with van der Waals surface area (Å²) in [7, 11) is 5.79. The highest BCUT2D eigenvalue weighted by Crippen LogP contribution is 2.38. The van der Waals surface area contributed by atoms with Gasteiger partial charge in [0.25, 0.3) is 0 Å². The number of thioether (sulfide) groups is 1. The number of nitrogens with zero attached hydrogens (tertiary/aromatic N) is 3. The molecule has 0 saturated carbocycles. The van der Waals surface area contributed by atoms with Gasteiger partial charge in [-0.2, -0.15) is 0 Å². The van der Waals surface area contributed by atoms with Gasteiger partial charge in [0.15, 0.2) is 17.3 Å². The Morgan fingerprint density at radius 1 is 1.19 bits per heavy atom. The second kappa shape index (κ2) is 7.19. The van der Waals surface area contributed by atoms with E-state index in [1.54, 1.807) is 24.8 Å². The molecule has 4 atom stereocenters. The molecule has 0 N–H and O–H groups in total. The first-order valence-corrected chi connectivity index (χ1v) is 10.2. The molecule has 0 aliphatic carbocycles. The van der Waals surface area contributed by atoms with Crippen molar-refractivity contribution in [2.45, 2.75) is 37.2 Å². The molecule has 3 heterocycles. The molecule has 0 radical (unpaired) electrons. The maximum absolute atomic E-state index is 13.3. The Bertz CT molecular complexity index is 664. The summed E-state index contributed by atoms with van der Waals surface area (Å²) in [4.78, 5) is 44.0. The molecule has 0 amide bonds. The van der Waals surface area contributed by atoms with Gasteiger partial charge in [0.05, 0.1) is 11.6 Å². The molecule has 6 nitrogen and oxygen atoms in total. The quantitative estimate of drug-likeness (QED) is 0.696. The van der Waals surface area contributed by atoms with Crippen molar-refractivity contribution in [2.24, 2.45) is 5.92 Å². The Hall–Kier alpha value is -1.02. The van der Waals surface area contributed by atoms with Crippen molar-refractivity contribution in [3.05, 3.63) is 11.6 Å². The van der Waals surface area contributed by atoms with Crippen LogP contribution in [0.25, 0.3) is 0 Å². The Balaban J connectivity index is 1.75. The molecule has 0 unspecified atom stereocenters. The van der Waals surface area contributed by atoms with Gasteiger partial charge >= 0.3 is 0 Å². The number of likely N-dealkylation sites (N-methyl/N-ethyl adjacent to an activating group) is 3. The standard InChI is InChI=1S/C19H29N3O3S/c1-12(23)15-8-13(10-21(15)4)17(25)19(2)9-14(11-22(19)5)16(24)18-20(3)6-7-26-18/h8,14-15,18H,6-7,9-11H2,1-5H3/t14-,15+,18+,19+/m1/s1. The van der Waals surface area contributed by atoms with Gasteiger partial charge in [0.2, 0.25) is 0 Å². The van der Waals surface area contributed by atoms with Gasteiger partial charge in [-0.05, 0) is 41.4 Å². The Labute approximate surface area is 159 Å². The number of Topliss-reactive ketones (excluding diaryl/α,β-unsaturated/α-hetero) is 3. The number of hydrogen-bond acceptors (Lipinski definition) is 7. The van der Waals surface area contributed by atoms with Crippen molar-refractivity contribution in [3.63, 3.8) is 0 Å². The predicted molar refractivity (Wildman–Crippen MR) is 103 cm³/mol. The lowest BCUT2D eigenvalue weighted by Crippen LogP contribution is -2.47. The average molecular weight is 380 g/mol. The molecule has 0 aromatic rings. The van der Waals surface area contributed by atoms with Crippen LogP contribution in [0.4, 0.5) is 0 Å². The van der Waals surface area contributed by atoms with Crippen molar-refractivity contribution < 1.29 is 14.4 Å². The molecule has 3 rings (SSSR count). The topological polar surface area (TPSA) is 60.9 Å². The lowest BCUT2D eigenvalue weighted by molar-refractivity contribution is -0.125. The average Bonchev–Trinajstić information content (AvgIpc) is 3.25. The molecule has 0 spiro atoms. The minimum absolute atomic E-state index is 0.0505. The van der Waals surface area contributed by atoms with Crippen LogP contribution in [0.2, 0.25) is 0 Å². The number of likely N-dealkylation sites (tertiary alicyclic amines) is 1. The largest absolute Gasteiger partial charge is 0.298 e. The van der Waals surface area contributed by atoms with Gasteiger partial charge in [0, 0.05) is 36.9 Å². The Kier molecular flexibility index (Phi) is 5.45. The number of rotatable bonds is 5. The Morgan fingerprint density at radius 3 is 2.42 bits per heavy atom. The maximum Gasteiger partial charge on any atom is 0.179 e. The summed E-state index contributed by atoms with van der Waals surface area (Å²) >= 11 is 1.70. The molecule has 2 fully saturated rings. The van der Waals surface area contributed by atoms with Crippen molar-refractivity contribution in [1.29, 1.82) is 0 Å². The molecule has 0 aromatic carbocycles. The molecule has 2 saturated heterocycles. The number of hydrogen-bond donors (Lipinski definition) is 0. The van der Waals surface area contributed by atoms with E-state index in [9.17, 15) is 14.4 Å². The summed E-state index contributed by atoms with van der Waals surface area (Å²) in [6, 6.07) is -0.315. The first-order chi connectivity index (χ1) is 12.1. The fraction of sp³-hybridized carbons (Fsp3) is 0.737. The first kappa shape index (κ1) is 19.7. The van der Waals surface area contributed by atoms with E-state index in [4.69, 9.17) is 0 Å². The summed E-state index contributed by atoms with van der Waals surface area (Å²) in [5.41, 5.74) is 0.0167. The second-order valence-corrected chi connectivity index (χ2v) is 9.34. The lowest BCUT2D eigenvalue weighted by atomic mass is 9.85. The van der Waals surface area contributed by atoms with Crippen LogP contribution in [0.1, 0.15) is 20.3 Å². The van der Waals surface area contributed by atoms with Gasteiger partial charge in [-0.1, -0.05) is 6.08 Å². The van der Waals surface area contributed by atoms with Crippen LogP contribution in [0, 0.1) is 5.92 Å². The third-order valence-electron chi connectivity index (χ3n) is 6.20. The van der Waals surface area contributed by atoms with E-state index in [2.05, 4.69) is 4.90 Å². The number of carbonyl (C=O) groups excluding carboxylic acids is 3. The summed E-state index contributed by atoms with van der Waals surface area (Å²) in [6.45, 7) is 5.54. The van der Waals surface area contributed by atoms with Crippen LogP contribution in [0.15, 0.2) is 11.6 Å². The van der Waals surface area contributed by atoms with Gasteiger partial charge in [0.1, 0.15) is 5.37 Å². The van der Waals surface area contributed by atoms with Crippen LogP contribution >= 0.6 is 11.8 Å². The molecule has 7 heteroatoms. The SMILES string of the molecule is CC(=O)[C@@H]1C=C(C(=O)[C@]2(C)C[C@@H](C(=O)[C@@H]3SCCN3C)CN2C)CN1C. The smallest absolute Gasteiger partial charge is 0.179 e. The van der Waals surface area contributed by atoms with E-state index in [1.165, 1.54) is 0 Å². The van der Waals surface area contributed by atoms with Crippen LogP contribution in [-0.2, 0) is 14.4 Å². The van der Waals surface area contributed by atoms with Crippen LogP contribution in [-0.4, -0.2) is 95.5 Å². The van der Waals surface area contributed by atoms with Crippen LogP contribution < -0.4 is 0 Å². The number of carbonyl (C=O) groups is 3. The molecule has 144 valence electrons. The maximum atomic E-state index is 13.3. The van der Waals surface area contributed by atoms with Gasteiger partial charge < -0.3 is 0 Å². The zero-order valence-corrected chi connectivity index (χ0v) is 17.1. The lowest BCUT2D eigenvalue weighted by Gasteiger charge is -2.31. The highest BCUT2D eigenvalue weighted by Gasteiger charge is 2.50. The van der Waals surface area contributed by atoms with Crippen molar-refractivity contribution in [2.75, 3.05) is 46.5 Å². The van der Waals surface area contributed by atoms with Gasteiger partial charge in [-0.25, -0.2) is 0 Å². The molecule has 3 aliphatic rings. The second-order valence-electron chi connectivity index (χ2n) is 8.15. The van der Waals surface area contributed by atoms with E-state index < -0.39 is 5.54 Å². The molecule has 0 bridgehead atoms. The minimum Gasteiger partial charge on any atom is -0.298 e. The molecular weight excluding hydrogens is 350 g/mol. The van der Waals surface area contributed by atoms with E-state index in [0.717, 1.165) is 12.3 Å². The normalized spacial score (nSPS) is 36.5. The van der Waals surface area contributed by atoms with E-state index in [1.807, 2.05) is 37.9 Å². The predicted octanol–water partition coefficient (Wildman–Crippen LogP) is 0.669. The molecule has 0 aromatic heterocycles. The van der Waals surface area contributed by atoms with Crippen molar-refractivity contribution >= 4 is 29.1 Å². The van der Waals surface area contributed by atoms with Crippen molar-refractivity contribution in [3.8, 4) is 0 Å². The Morgan fingerprint density at radius 2 is 1.88 bits per heavy atom. The monoisotopic (exact) mass is 379 g/mol. The van der Waals surface area contributed by atoms with Crippen LogP contribution in [0.5, 0.6) is 0 Å². The van der Waals surface area contributed by atoms with Gasteiger partial charge in [-0.3, -0.25) is 29.1 Å². The highest BCUT2D eigenvalue weighted by atomic mass is 32.2. The highest BCUT2D eigenvalue weighted by molar-refractivity contribution is 8.00. The summed E-state index contributed by atoms with van der Waals surface area (Å²) in [6.07, 6.45) is 2.36. The molecule has 26 heavy (non-hydrogen) atoms. The van der Waals surface area contributed by atoms with E-state index in [0.29, 0.717) is 25.1 Å². The van der Waals surface area contributed by atoms with Crippen molar-refractivity contribution in [1.82, 2.24) is 14.7 Å². The fourth-order valence-corrected chi connectivity index (χ4v) is 5.73. The summed E-state index contributed by atoms with van der Waals surface area (Å²) in [5, 5.41) is -0.0789.